The molecule has 6 nitrogen and oxygen atoms in total. The van der Waals surface area contributed by atoms with Crippen LogP contribution >= 0.6 is 0 Å². The zero-order valence-electron chi connectivity index (χ0n) is 13.5. The Morgan fingerprint density at radius 3 is 2.28 bits per heavy atom. The van der Waals surface area contributed by atoms with Crippen LogP contribution in [0.15, 0.2) is 54.6 Å². The molecule has 0 unspecified atom stereocenters. The highest BCUT2D eigenvalue weighted by atomic mass is 16.5. The number of nitrogens with two attached hydrogens (primary N) is 1. The molecule has 0 spiro atoms. The molecule has 1 aliphatic carbocycles. The minimum absolute atomic E-state index is 0.199. The second-order valence-electron chi connectivity index (χ2n) is 5.98. The summed E-state index contributed by atoms with van der Waals surface area (Å²) in [6.07, 6.45) is 1.42. The van der Waals surface area contributed by atoms with E-state index in [0.29, 0.717) is 18.5 Å². The summed E-state index contributed by atoms with van der Waals surface area (Å²) in [7, 11) is 0. The third-order valence-electron chi connectivity index (χ3n) is 4.27. The Hall–Kier alpha value is -3.15. The van der Waals surface area contributed by atoms with Gasteiger partial charge in [0.15, 0.2) is 6.61 Å². The van der Waals surface area contributed by atoms with Crippen LogP contribution in [0.2, 0.25) is 0 Å². The Morgan fingerprint density at radius 1 is 1.00 bits per heavy atom. The SMILES string of the molecule is NC(=O)c1ccccc1NC(=O)COC(=O)C1(c2ccccc2)CC1. The summed E-state index contributed by atoms with van der Waals surface area (Å²) >= 11 is 0. The average Bonchev–Trinajstić information content (AvgIpc) is 3.43. The van der Waals surface area contributed by atoms with Gasteiger partial charge in [0.05, 0.1) is 16.7 Å². The normalized spacial score (nSPS) is 14.4. The van der Waals surface area contributed by atoms with Crippen LogP contribution in [0, 0.1) is 0 Å². The van der Waals surface area contributed by atoms with E-state index in [1.807, 2.05) is 30.3 Å². The summed E-state index contributed by atoms with van der Waals surface area (Å²) in [5.41, 5.74) is 6.03. The number of amides is 2. The molecule has 0 aromatic heterocycles. The predicted octanol–water partition coefficient (Wildman–Crippen LogP) is 2.00. The van der Waals surface area contributed by atoms with E-state index in [4.69, 9.17) is 10.5 Å². The van der Waals surface area contributed by atoms with Crippen molar-refractivity contribution in [3.05, 3.63) is 65.7 Å². The number of rotatable bonds is 6. The van der Waals surface area contributed by atoms with Crippen molar-refractivity contribution in [1.29, 1.82) is 0 Å². The maximum atomic E-state index is 12.4. The van der Waals surface area contributed by atoms with Crippen LogP contribution in [0.25, 0.3) is 0 Å². The monoisotopic (exact) mass is 338 g/mol. The summed E-state index contributed by atoms with van der Waals surface area (Å²) in [5, 5.41) is 2.54. The molecule has 3 N–H and O–H groups in total. The Bertz CT molecular complexity index is 813. The molecule has 2 aromatic carbocycles. The van der Waals surface area contributed by atoms with E-state index in [-0.39, 0.29) is 5.56 Å². The number of carbonyl (C=O) groups excluding carboxylic acids is 3. The van der Waals surface area contributed by atoms with Crippen molar-refractivity contribution in [1.82, 2.24) is 0 Å². The second-order valence-corrected chi connectivity index (χ2v) is 5.98. The minimum Gasteiger partial charge on any atom is -0.455 e. The summed E-state index contributed by atoms with van der Waals surface area (Å²) in [6.45, 7) is -0.416. The summed E-state index contributed by atoms with van der Waals surface area (Å²) in [4.78, 5) is 35.8. The van der Waals surface area contributed by atoms with Crippen LogP contribution in [-0.2, 0) is 19.7 Å². The van der Waals surface area contributed by atoms with Crippen LogP contribution in [0.5, 0.6) is 0 Å². The number of hydrogen-bond donors (Lipinski definition) is 2. The average molecular weight is 338 g/mol. The molecule has 1 saturated carbocycles. The van der Waals surface area contributed by atoms with Crippen LogP contribution in [0.3, 0.4) is 0 Å². The van der Waals surface area contributed by atoms with Crippen molar-refractivity contribution in [2.45, 2.75) is 18.3 Å². The van der Waals surface area contributed by atoms with Gasteiger partial charge in [-0.1, -0.05) is 42.5 Å². The van der Waals surface area contributed by atoms with Gasteiger partial charge >= 0.3 is 5.97 Å². The van der Waals surface area contributed by atoms with E-state index >= 15 is 0 Å². The Kier molecular flexibility index (Phi) is 4.52. The Balaban J connectivity index is 1.60. The molecule has 0 aliphatic heterocycles. The number of carbonyl (C=O) groups is 3. The minimum atomic E-state index is -0.645. The highest BCUT2D eigenvalue weighted by Gasteiger charge is 2.52. The van der Waals surface area contributed by atoms with Gasteiger partial charge in [-0.15, -0.1) is 0 Å². The topological polar surface area (TPSA) is 98.5 Å². The molecular formula is C19H18N2O4. The Morgan fingerprint density at radius 2 is 1.64 bits per heavy atom. The summed E-state index contributed by atoms with van der Waals surface area (Å²) < 4.78 is 5.19. The van der Waals surface area contributed by atoms with Crippen molar-refractivity contribution in [3.63, 3.8) is 0 Å². The van der Waals surface area contributed by atoms with Crippen LogP contribution < -0.4 is 11.1 Å². The van der Waals surface area contributed by atoms with Crippen LogP contribution in [0.4, 0.5) is 5.69 Å². The van der Waals surface area contributed by atoms with E-state index < -0.39 is 29.8 Å². The molecule has 0 radical (unpaired) electrons. The van der Waals surface area contributed by atoms with E-state index in [2.05, 4.69) is 5.32 Å². The molecule has 2 aromatic rings. The van der Waals surface area contributed by atoms with Crippen molar-refractivity contribution in [2.75, 3.05) is 11.9 Å². The number of benzene rings is 2. The fourth-order valence-corrected chi connectivity index (χ4v) is 2.76. The predicted molar refractivity (Wildman–Crippen MR) is 91.9 cm³/mol. The van der Waals surface area contributed by atoms with Gasteiger partial charge in [0.1, 0.15) is 0 Å². The first kappa shape index (κ1) is 16.7. The molecule has 0 saturated heterocycles. The molecule has 2 amide bonds. The number of para-hydroxylation sites is 1. The molecular weight excluding hydrogens is 320 g/mol. The van der Waals surface area contributed by atoms with Gasteiger partial charge in [-0.2, -0.15) is 0 Å². The molecule has 6 heteroatoms. The summed E-state index contributed by atoms with van der Waals surface area (Å²) in [6, 6.07) is 15.8. The Labute approximate surface area is 145 Å². The van der Waals surface area contributed by atoms with Gasteiger partial charge in [-0.05, 0) is 30.5 Å². The van der Waals surface area contributed by atoms with E-state index in [1.165, 1.54) is 6.07 Å². The van der Waals surface area contributed by atoms with Gasteiger partial charge in [0, 0.05) is 0 Å². The third kappa shape index (κ3) is 3.52. The van der Waals surface area contributed by atoms with Crippen LogP contribution in [0.1, 0.15) is 28.8 Å². The second kappa shape index (κ2) is 6.76. The van der Waals surface area contributed by atoms with Crippen molar-refractivity contribution in [2.24, 2.45) is 5.73 Å². The number of hydrogen-bond acceptors (Lipinski definition) is 4. The van der Waals surface area contributed by atoms with Gasteiger partial charge in [-0.25, -0.2) is 0 Å². The number of anilines is 1. The maximum Gasteiger partial charge on any atom is 0.317 e. The molecule has 1 aliphatic rings. The molecule has 0 atom stereocenters. The van der Waals surface area contributed by atoms with E-state index in [1.54, 1.807) is 18.2 Å². The lowest BCUT2D eigenvalue weighted by atomic mass is 9.96. The van der Waals surface area contributed by atoms with Crippen LogP contribution in [-0.4, -0.2) is 24.4 Å². The fraction of sp³-hybridized carbons (Fsp3) is 0.211. The first-order valence-corrected chi connectivity index (χ1v) is 7.94. The van der Waals surface area contributed by atoms with Crippen molar-refractivity contribution in [3.8, 4) is 0 Å². The molecule has 128 valence electrons. The lowest BCUT2D eigenvalue weighted by molar-refractivity contribution is -0.150. The smallest absolute Gasteiger partial charge is 0.317 e. The van der Waals surface area contributed by atoms with E-state index in [9.17, 15) is 14.4 Å². The molecule has 25 heavy (non-hydrogen) atoms. The zero-order valence-corrected chi connectivity index (χ0v) is 13.5. The quantitative estimate of drug-likeness (QED) is 0.787. The lowest BCUT2D eigenvalue weighted by Gasteiger charge is -2.15. The largest absolute Gasteiger partial charge is 0.455 e. The number of nitrogens with one attached hydrogen (secondary N) is 1. The van der Waals surface area contributed by atoms with Crippen molar-refractivity contribution < 1.29 is 19.1 Å². The van der Waals surface area contributed by atoms with E-state index in [0.717, 1.165) is 5.56 Å². The molecule has 3 rings (SSSR count). The fourth-order valence-electron chi connectivity index (χ4n) is 2.76. The molecule has 0 bridgehead atoms. The number of esters is 1. The zero-order chi connectivity index (χ0) is 17.9. The van der Waals surface area contributed by atoms with Gasteiger partial charge < -0.3 is 15.8 Å². The third-order valence-corrected chi connectivity index (χ3v) is 4.27. The highest BCUT2D eigenvalue weighted by Crippen LogP contribution is 2.49. The number of primary amides is 1. The standard InChI is InChI=1S/C19H18N2O4/c20-17(23)14-8-4-5-9-15(14)21-16(22)12-25-18(24)19(10-11-19)13-6-2-1-3-7-13/h1-9H,10-12H2,(H2,20,23)(H,21,22). The van der Waals surface area contributed by atoms with Gasteiger partial charge in [0.25, 0.3) is 11.8 Å². The highest BCUT2D eigenvalue weighted by molar-refractivity contribution is 6.03. The molecule has 1 fully saturated rings. The van der Waals surface area contributed by atoms with Crippen molar-refractivity contribution >= 4 is 23.5 Å². The maximum absolute atomic E-state index is 12.4. The van der Waals surface area contributed by atoms with Gasteiger partial charge in [0.2, 0.25) is 0 Å². The first-order chi connectivity index (χ1) is 12.0. The lowest BCUT2D eigenvalue weighted by Crippen LogP contribution is -2.28. The first-order valence-electron chi connectivity index (χ1n) is 7.94. The number of ether oxygens (including phenoxy) is 1. The molecule has 0 heterocycles. The van der Waals surface area contributed by atoms with Gasteiger partial charge in [-0.3, -0.25) is 14.4 Å². The summed E-state index contributed by atoms with van der Waals surface area (Å²) in [5.74, 6) is -1.57.